The SMILES string of the molecule is COc1ccc([C@](C)(CO[Si](c2ccccc2)(c2ccccc2)C(C)(C)C)NS(=O)C(C)(C)C)cc1. The first-order chi connectivity index (χ1) is 16.8. The Morgan fingerprint density at radius 1 is 0.750 bits per heavy atom. The van der Waals surface area contributed by atoms with Gasteiger partial charge in [-0.25, -0.2) is 8.93 Å². The third-order valence-electron chi connectivity index (χ3n) is 6.60. The van der Waals surface area contributed by atoms with Crippen LogP contribution in [-0.4, -0.2) is 31.0 Å². The average Bonchev–Trinajstić information content (AvgIpc) is 2.84. The van der Waals surface area contributed by atoms with Crippen LogP contribution in [0.4, 0.5) is 0 Å². The molecule has 0 radical (unpaired) electrons. The molecule has 0 spiro atoms. The third kappa shape index (κ3) is 6.00. The summed E-state index contributed by atoms with van der Waals surface area (Å²) in [6.45, 7) is 15.2. The molecule has 0 fully saturated rings. The summed E-state index contributed by atoms with van der Waals surface area (Å²) >= 11 is 0. The van der Waals surface area contributed by atoms with E-state index in [9.17, 15) is 4.21 Å². The molecule has 0 heterocycles. The van der Waals surface area contributed by atoms with E-state index < -0.39 is 29.6 Å². The highest BCUT2D eigenvalue weighted by atomic mass is 32.2. The van der Waals surface area contributed by atoms with Crippen molar-refractivity contribution in [1.29, 1.82) is 0 Å². The highest BCUT2D eigenvalue weighted by Gasteiger charge is 2.51. The zero-order chi connectivity index (χ0) is 26.6. The molecule has 0 aliphatic heterocycles. The van der Waals surface area contributed by atoms with Gasteiger partial charge in [0.05, 0.1) is 35.0 Å². The van der Waals surface area contributed by atoms with Gasteiger partial charge in [0, 0.05) is 0 Å². The fraction of sp³-hybridized carbons (Fsp3) is 0.400. The minimum Gasteiger partial charge on any atom is -0.497 e. The monoisotopic (exact) mass is 523 g/mol. The summed E-state index contributed by atoms with van der Waals surface area (Å²) in [5, 5.41) is 2.29. The summed E-state index contributed by atoms with van der Waals surface area (Å²) in [6.07, 6.45) is 0. The molecule has 36 heavy (non-hydrogen) atoms. The summed E-state index contributed by atoms with van der Waals surface area (Å²) in [5.74, 6) is 0.783. The summed E-state index contributed by atoms with van der Waals surface area (Å²) in [4.78, 5) is 0. The zero-order valence-electron chi connectivity index (χ0n) is 22.9. The molecule has 0 aromatic heterocycles. The van der Waals surface area contributed by atoms with Crippen molar-refractivity contribution < 1.29 is 13.4 Å². The third-order valence-corrected chi connectivity index (χ3v) is 13.3. The Morgan fingerprint density at radius 2 is 1.22 bits per heavy atom. The summed E-state index contributed by atoms with van der Waals surface area (Å²) in [5.41, 5.74) is 0.302. The van der Waals surface area contributed by atoms with Crippen molar-refractivity contribution in [2.24, 2.45) is 0 Å². The lowest BCUT2D eigenvalue weighted by molar-refractivity contribution is 0.206. The van der Waals surface area contributed by atoms with E-state index in [1.807, 2.05) is 57.2 Å². The number of hydrogen-bond acceptors (Lipinski definition) is 3. The number of methoxy groups -OCH3 is 1. The van der Waals surface area contributed by atoms with Crippen LogP contribution in [0.1, 0.15) is 54.0 Å². The highest BCUT2D eigenvalue weighted by Crippen LogP contribution is 2.38. The van der Waals surface area contributed by atoms with E-state index in [2.05, 4.69) is 80.9 Å². The fourth-order valence-corrected chi connectivity index (χ4v) is 10.1. The molecule has 194 valence electrons. The van der Waals surface area contributed by atoms with E-state index in [1.165, 1.54) is 10.4 Å². The Balaban J connectivity index is 2.14. The van der Waals surface area contributed by atoms with Crippen molar-refractivity contribution in [1.82, 2.24) is 4.72 Å². The van der Waals surface area contributed by atoms with Gasteiger partial charge < -0.3 is 9.16 Å². The lowest BCUT2D eigenvalue weighted by atomic mass is 9.94. The molecule has 4 nitrogen and oxygen atoms in total. The van der Waals surface area contributed by atoms with Gasteiger partial charge in [0.2, 0.25) is 0 Å². The van der Waals surface area contributed by atoms with E-state index in [0.717, 1.165) is 11.3 Å². The van der Waals surface area contributed by atoms with Gasteiger partial charge in [-0.15, -0.1) is 0 Å². The van der Waals surface area contributed by atoms with Gasteiger partial charge in [-0.2, -0.15) is 0 Å². The minimum absolute atomic E-state index is 0.153. The molecule has 0 bridgehead atoms. The van der Waals surface area contributed by atoms with Crippen LogP contribution < -0.4 is 19.8 Å². The molecule has 1 N–H and O–H groups in total. The normalized spacial score (nSPS) is 15.2. The average molecular weight is 524 g/mol. The Kier molecular flexibility index (Phi) is 8.66. The van der Waals surface area contributed by atoms with Gasteiger partial charge in [0.25, 0.3) is 8.32 Å². The van der Waals surface area contributed by atoms with E-state index in [4.69, 9.17) is 9.16 Å². The number of benzene rings is 3. The summed E-state index contributed by atoms with van der Waals surface area (Å²) in [7, 11) is -2.41. The number of hydrogen-bond donors (Lipinski definition) is 1. The first kappa shape index (κ1) is 28.3. The fourth-order valence-electron chi connectivity index (χ4n) is 4.50. The predicted octanol–water partition coefficient (Wildman–Crippen LogP) is 5.54. The van der Waals surface area contributed by atoms with Crippen LogP contribution in [0.5, 0.6) is 5.75 Å². The van der Waals surface area contributed by atoms with Gasteiger partial charge in [0.1, 0.15) is 5.75 Å². The minimum atomic E-state index is -2.77. The first-order valence-electron chi connectivity index (χ1n) is 12.4. The first-order valence-corrected chi connectivity index (χ1v) is 15.5. The van der Waals surface area contributed by atoms with E-state index in [1.54, 1.807) is 7.11 Å². The van der Waals surface area contributed by atoms with Crippen molar-refractivity contribution >= 4 is 29.7 Å². The topological polar surface area (TPSA) is 47.6 Å². The second kappa shape index (κ2) is 11.0. The Morgan fingerprint density at radius 3 is 1.61 bits per heavy atom. The molecule has 2 atom stereocenters. The van der Waals surface area contributed by atoms with Gasteiger partial charge in [-0.05, 0) is 60.8 Å². The molecule has 0 amide bonds. The van der Waals surface area contributed by atoms with E-state index in [0.29, 0.717) is 6.61 Å². The van der Waals surface area contributed by atoms with Crippen LogP contribution in [0.2, 0.25) is 5.04 Å². The molecule has 3 rings (SSSR count). The van der Waals surface area contributed by atoms with Crippen molar-refractivity contribution in [2.45, 2.75) is 63.8 Å². The zero-order valence-corrected chi connectivity index (χ0v) is 24.7. The lowest BCUT2D eigenvalue weighted by Crippen LogP contribution is -2.68. The molecule has 0 aliphatic carbocycles. The van der Waals surface area contributed by atoms with Crippen molar-refractivity contribution in [3.05, 3.63) is 90.5 Å². The maximum Gasteiger partial charge on any atom is 0.261 e. The van der Waals surface area contributed by atoms with Gasteiger partial charge >= 0.3 is 0 Å². The van der Waals surface area contributed by atoms with Crippen LogP contribution in [0.15, 0.2) is 84.9 Å². The Labute approximate surface area is 221 Å². The Hall–Kier alpha value is -2.25. The van der Waals surface area contributed by atoms with E-state index in [-0.39, 0.29) is 5.04 Å². The van der Waals surface area contributed by atoms with E-state index >= 15 is 0 Å². The van der Waals surface area contributed by atoms with Crippen LogP contribution in [-0.2, 0) is 21.0 Å². The van der Waals surface area contributed by atoms with Gasteiger partial charge in [-0.1, -0.05) is 93.6 Å². The molecular weight excluding hydrogens is 482 g/mol. The molecule has 0 saturated heterocycles. The van der Waals surface area contributed by atoms with Crippen LogP contribution >= 0.6 is 0 Å². The van der Waals surface area contributed by atoms with Gasteiger partial charge in [0.15, 0.2) is 0 Å². The van der Waals surface area contributed by atoms with Crippen molar-refractivity contribution in [3.8, 4) is 5.75 Å². The molecule has 0 aliphatic rings. The molecule has 0 saturated carbocycles. The predicted molar refractivity (Wildman–Crippen MR) is 155 cm³/mol. The molecule has 1 unspecified atom stereocenters. The molecule has 6 heteroatoms. The van der Waals surface area contributed by atoms with Crippen LogP contribution in [0.25, 0.3) is 0 Å². The van der Waals surface area contributed by atoms with Crippen molar-refractivity contribution in [3.63, 3.8) is 0 Å². The maximum absolute atomic E-state index is 13.4. The summed E-state index contributed by atoms with van der Waals surface area (Å²) in [6, 6.07) is 29.1. The molecule has 3 aromatic rings. The number of nitrogens with one attached hydrogen (secondary N) is 1. The number of ether oxygens (including phenoxy) is 1. The largest absolute Gasteiger partial charge is 0.497 e. The second-order valence-electron chi connectivity index (χ2n) is 11.5. The van der Waals surface area contributed by atoms with Gasteiger partial charge in [-0.3, -0.25) is 0 Å². The molecule has 3 aromatic carbocycles. The smallest absolute Gasteiger partial charge is 0.261 e. The number of rotatable bonds is 9. The lowest BCUT2D eigenvalue weighted by Gasteiger charge is -2.45. The van der Waals surface area contributed by atoms with Crippen LogP contribution in [0, 0.1) is 0 Å². The molecular formula is C30H41NO3SSi. The standard InChI is InChI=1S/C30H41NO3SSi/c1-28(2,3)35(32)31-30(7,24-19-21-25(33-8)22-20-24)23-34-36(29(4,5)6,26-15-11-9-12-16-26)27-17-13-10-14-18-27/h9-22,31H,23H2,1-8H3/t30-,35?/m0/s1. The van der Waals surface area contributed by atoms with Crippen molar-refractivity contribution in [2.75, 3.05) is 13.7 Å². The highest BCUT2D eigenvalue weighted by molar-refractivity contribution is 7.84. The van der Waals surface area contributed by atoms with Crippen LogP contribution in [0.3, 0.4) is 0 Å². The summed E-state index contributed by atoms with van der Waals surface area (Å²) < 4.78 is 29.0. The maximum atomic E-state index is 13.4. The Bertz CT molecular complexity index is 1100. The second-order valence-corrected chi connectivity index (χ2v) is 17.8. The quantitative estimate of drug-likeness (QED) is 0.375.